The Morgan fingerprint density at radius 3 is 2.62 bits per heavy atom. The number of hydrogen-bond acceptors (Lipinski definition) is 1. The van der Waals surface area contributed by atoms with Crippen LogP contribution in [0.4, 0.5) is 0 Å². The van der Waals surface area contributed by atoms with Crippen LogP contribution in [-0.4, -0.2) is 12.7 Å². The molecule has 0 fully saturated rings. The minimum Gasteiger partial charge on any atom is -0.378 e. The van der Waals surface area contributed by atoms with E-state index in [-0.39, 0.29) is 0 Å². The van der Waals surface area contributed by atoms with Gasteiger partial charge in [-0.2, -0.15) is 0 Å². The smallest absolute Gasteiger partial charge is 0.0612 e. The average molecular weight is 182 g/mol. The summed E-state index contributed by atoms with van der Waals surface area (Å²) in [6, 6.07) is 0. The Morgan fingerprint density at radius 2 is 2.08 bits per heavy atom. The fraction of sp³-hybridized carbons (Fsp3) is 0.667. The SMILES string of the molecule is C=CCCC(CC=C)OCCCC. The molecule has 0 heterocycles. The molecule has 1 nitrogen and oxygen atoms in total. The van der Waals surface area contributed by atoms with Gasteiger partial charge < -0.3 is 4.74 Å². The lowest BCUT2D eigenvalue weighted by Crippen LogP contribution is -2.12. The lowest BCUT2D eigenvalue weighted by Gasteiger charge is -2.14. The Morgan fingerprint density at radius 1 is 1.31 bits per heavy atom. The second kappa shape index (κ2) is 9.53. The minimum atomic E-state index is 0.349. The van der Waals surface area contributed by atoms with Gasteiger partial charge in [0, 0.05) is 6.61 Å². The van der Waals surface area contributed by atoms with E-state index in [0.29, 0.717) is 6.10 Å². The summed E-state index contributed by atoms with van der Waals surface area (Å²) in [6.45, 7) is 10.5. The molecule has 0 radical (unpaired) electrons. The second-order valence-corrected chi connectivity index (χ2v) is 3.24. The third-order valence-electron chi connectivity index (χ3n) is 1.97. The molecule has 0 N–H and O–H groups in total. The molecule has 0 saturated carbocycles. The highest BCUT2D eigenvalue weighted by Gasteiger charge is 2.04. The molecule has 0 aromatic heterocycles. The molecule has 76 valence electrons. The first kappa shape index (κ1) is 12.4. The molecular weight excluding hydrogens is 160 g/mol. The predicted molar refractivity (Wildman–Crippen MR) is 58.9 cm³/mol. The van der Waals surface area contributed by atoms with Crippen molar-refractivity contribution in [3.63, 3.8) is 0 Å². The standard InChI is InChI=1S/C12H22O/c1-4-7-10-12(9-6-3)13-11-8-5-2/h4,6,12H,1,3,5,7-11H2,2H3. The van der Waals surface area contributed by atoms with Crippen LogP contribution in [0.5, 0.6) is 0 Å². The van der Waals surface area contributed by atoms with Gasteiger partial charge in [-0.15, -0.1) is 13.2 Å². The van der Waals surface area contributed by atoms with E-state index in [1.807, 2.05) is 12.2 Å². The summed E-state index contributed by atoms with van der Waals surface area (Å²) in [4.78, 5) is 0. The molecule has 0 aromatic carbocycles. The van der Waals surface area contributed by atoms with Crippen molar-refractivity contribution in [1.29, 1.82) is 0 Å². The quantitative estimate of drug-likeness (QED) is 0.390. The summed E-state index contributed by atoms with van der Waals surface area (Å²) < 4.78 is 5.71. The van der Waals surface area contributed by atoms with Gasteiger partial charge in [-0.05, 0) is 25.7 Å². The lowest BCUT2D eigenvalue weighted by molar-refractivity contribution is 0.0484. The fourth-order valence-corrected chi connectivity index (χ4v) is 1.15. The van der Waals surface area contributed by atoms with E-state index in [9.17, 15) is 0 Å². The van der Waals surface area contributed by atoms with Crippen LogP contribution in [0.2, 0.25) is 0 Å². The second-order valence-electron chi connectivity index (χ2n) is 3.24. The minimum absolute atomic E-state index is 0.349. The number of rotatable bonds is 9. The van der Waals surface area contributed by atoms with Gasteiger partial charge in [-0.25, -0.2) is 0 Å². The van der Waals surface area contributed by atoms with Gasteiger partial charge in [0.15, 0.2) is 0 Å². The molecule has 0 saturated heterocycles. The van der Waals surface area contributed by atoms with E-state index in [4.69, 9.17) is 4.74 Å². The molecule has 0 aliphatic carbocycles. The van der Waals surface area contributed by atoms with Gasteiger partial charge in [-0.1, -0.05) is 25.5 Å². The molecule has 0 aromatic rings. The molecule has 0 rings (SSSR count). The molecule has 0 amide bonds. The molecule has 0 spiro atoms. The predicted octanol–water partition coefficient (Wildman–Crippen LogP) is 3.71. The first-order valence-electron chi connectivity index (χ1n) is 5.18. The Bertz CT molecular complexity index is 129. The normalized spacial score (nSPS) is 12.4. The maximum atomic E-state index is 5.71. The molecular formula is C12H22O. The van der Waals surface area contributed by atoms with Crippen LogP contribution in [0, 0.1) is 0 Å². The van der Waals surface area contributed by atoms with Crippen molar-refractivity contribution in [2.24, 2.45) is 0 Å². The number of allylic oxidation sites excluding steroid dienone is 1. The number of unbranched alkanes of at least 4 members (excludes halogenated alkanes) is 1. The van der Waals surface area contributed by atoms with Crippen molar-refractivity contribution >= 4 is 0 Å². The van der Waals surface area contributed by atoms with Gasteiger partial charge in [0.05, 0.1) is 6.10 Å². The van der Waals surface area contributed by atoms with E-state index in [2.05, 4.69) is 20.1 Å². The Kier molecular flexibility index (Phi) is 9.12. The highest BCUT2D eigenvalue weighted by molar-refractivity contribution is 4.76. The zero-order valence-corrected chi connectivity index (χ0v) is 8.80. The number of hydrogen-bond donors (Lipinski definition) is 0. The van der Waals surface area contributed by atoms with Crippen molar-refractivity contribution in [2.45, 2.75) is 45.1 Å². The maximum absolute atomic E-state index is 5.71. The zero-order chi connectivity index (χ0) is 9.94. The molecule has 1 heteroatoms. The van der Waals surface area contributed by atoms with E-state index in [1.54, 1.807) is 0 Å². The van der Waals surface area contributed by atoms with E-state index in [1.165, 1.54) is 6.42 Å². The summed E-state index contributed by atoms with van der Waals surface area (Å²) in [5, 5.41) is 0. The third-order valence-corrected chi connectivity index (χ3v) is 1.97. The monoisotopic (exact) mass is 182 g/mol. The summed E-state index contributed by atoms with van der Waals surface area (Å²) in [6.07, 6.45) is 9.63. The van der Waals surface area contributed by atoms with Crippen molar-refractivity contribution in [2.75, 3.05) is 6.61 Å². The van der Waals surface area contributed by atoms with Crippen LogP contribution in [0.15, 0.2) is 25.3 Å². The highest BCUT2D eigenvalue weighted by Crippen LogP contribution is 2.08. The first-order valence-corrected chi connectivity index (χ1v) is 5.18. The summed E-state index contributed by atoms with van der Waals surface area (Å²) in [7, 11) is 0. The topological polar surface area (TPSA) is 9.23 Å². The van der Waals surface area contributed by atoms with Crippen molar-refractivity contribution in [3.05, 3.63) is 25.3 Å². The Balaban J connectivity index is 3.52. The summed E-state index contributed by atoms with van der Waals surface area (Å²) in [5.74, 6) is 0. The molecule has 0 aliphatic heterocycles. The van der Waals surface area contributed by atoms with Crippen LogP contribution in [0.1, 0.15) is 39.0 Å². The van der Waals surface area contributed by atoms with Gasteiger partial charge in [0.25, 0.3) is 0 Å². The summed E-state index contributed by atoms with van der Waals surface area (Å²) in [5.41, 5.74) is 0. The fourth-order valence-electron chi connectivity index (χ4n) is 1.15. The van der Waals surface area contributed by atoms with E-state index in [0.717, 1.165) is 32.3 Å². The van der Waals surface area contributed by atoms with Crippen LogP contribution in [0.25, 0.3) is 0 Å². The molecule has 13 heavy (non-hydrogen) atoms. The average Bonchev–Trinajstić information content (AvgIpc) is 2.14. The van der Waals surface area contributed by atoms with Gasteiger partial charge in [0.2, 0.25) is 0 Å². The maximum Gasteiger partial charge on any atom is 0.0612 e. The van der Waals surface area contributed by atoms with Crippen molar-refractivity contribution < 1.29 is 4.74 Å². The Hall–Kier alpha value is -0.560. The van der Waals surface area contributed by atoms with Crippen LogP contribution >= 0.6 is 0 Å². The third kappa shape index (κ3) is 7.79. The molecule has 0 bridgehead atoms. The lowest BCUT2D eigenvalue weighted by atomic mass is 10.1. The largest absolute Gasteiger partial charge is 0.378 e. The first-order chi connectivity index (χ1) is 6.35. The van der Waals surface area contributed by atoms with Crippen molar-refractivity contribution in [1.82, 2.24) is 0 Å². The van der Waals surface area contributed by atoms with Gasteiger partial charge in [-0.3, -0.25) is 0 Å². The zero-order valence-electron chi connectivity index (χ0n) is 8.80. The van der Waals surface area contributed by atoms with E-state index < -0.39 is 0 Å². The van der Waals surface area contributed by atoms with Gasteiger partial charge in [0.1, 0.15) is 0 Å². The Labute approximate surface area is 82.5 Å². The number of ether oxygens (including phenoxy) is 1. The van der Waals surface area contributed by atoms with Gasteiger partial charge >= 0.3 is 0 Å². The highest BCUT2D eigenvalue weighted by atomic mass is 16.5. The van der Waals surface area contributed by atoms with Crippen LogP contribution in [-0.2, 0) is 4.74 Å². The van der Waals surface area contributed by atoms with Crippen LogP contribution < -0.4 is 0 Å². The summed E-state index contributed by atoms with van der Waals surface area (Å²) >= 11 is 0. The van der Waals surface area contributed by atoms with Crippen LogP contribution in [0.3, 0.4) is 0 Å². The molecule has 0 aliphatic rings. The molecule has 1 unspecified atom stereocenters. The molecule has 1 atom stereocenters. The van der Waals surface area contributed by atoms with E-state index >= 15 is 0 Å². The van der Waals surface area contributed by atoms with Crippen molar-refractivity contribution in [3.8, 4) is 0 Å².